The van der Waals surface area contributed by atoms with E-state index in [4.69, 9.17) is 22.1 Å². The molecule has 4 rings (SSSR count). The second-order valence-electron chi connectivity index (χ2n) is 8.02. The molecule has 0 bridgehead atoms. The zero-order valence-corrected chi connectivity index (χ0v) is 17.9. The summed E-state index contributed by atoms with van der Waals surface area (Å²) in [7, 11) is 1.68. The van der Waals surface area contributed by atoms with E-state index in [9.17, 15) is 5.11 Å². The number of nitrogens with two attached hydrogens (primary N) is 1. The fraction of sp³-hybridized carbons (Fsp3) is 0.391. The van der Waals surface area contributed by atoms with Gasteiger partial charge in [-0.3, -0.25) is 0 Å². The van der Waals surface area contributed by atoms with Gasteiger partial charge in [-0.15, -0.1) is 0 Å². The van der Waals surface area contributed by atoms with E-state index in [1.165, 1.54) is 6.20 Å². The summed E-state index contributed by atoms with van der Waals surface area (Å²) in [5.41, 5.74) is 8.21. The molecule has 1 aromatic carbocycles. The molecule has 2 heterocycles. The highest BCUT2D eigenvalue weighted by atomic mass is 35.5. The van der Waals surface area contributed by atoms with Crippen LogP contribution in [0.25, 0.3) is 22.2 Å². The number of aliphatic hydroxyl groups is 1. The second kappa shape index (κ2) is 8.27. The second-order valence-corrected chi connectivity index (χ2v) is 8.42. The van der Waals surface area contributed by atoms with Crippen molar-refractivity contribution < 1.29 is 9.84 Å². The molecule has 156 valence electrons. The summed E-state index contributed by atoms with van der Waals surface area (Å²) in [5.74, 6) is 6.94. The summed E-state index contributed by atoms with van der Waals surface area (Å²) in [5, 5.41) is 12.1. The van der Waals surface area contributed by atoms with Gasteiger partial charge >= 0.3 is 0 Å². The molecule has 2 atom stereocenters. The van der Waals surface area contributed by atoms with Crippen LogP contribution in [-0.2, 0) is 11.3 Å². The standard InChI is InChI=1S/C23H25ClN4O2/c1-15-5-7-23(29,12-15)8-6-16-3-4-20-17(11-16)18(14-28(20)9-10-30-2)21-19(24)13-26-22(25)27-21/h3-4,11,13-15,29H,5,7,9-10,12H2,1-2H3,(H2,25,26,27). The first-order valence-electron chi connectivity index (χ1n) is 10.0. The Bertz CT molecular complexity index is 1150. The lowest BCUT2D eigenvalue weighted by Gasteiger charge is -2.13. The summed E-state index contributed by atoms with van der Waals surface area (Å²) in [6.45, 7) is 3.42. The van der Waals surface area contributed by atoms with Crippen LogP contribution < -0.4 is 5.73 Å². The van der Waals surface area contributed by atoms with Gasteiger partial charge < -0.3 is 20.1 Å². The molecule has 6 nitrogen and oxygen atoms in total. The lowest BCUT2D eigenvalue weighted by Crippen LogP contribution is -2.21. The van der Waals surface area contributed by atoms with Crippen LogP contribution in [0, 0.1) is 17.8 Å². The Hall–Kier alpha value is -2.59. The Morgan fingerprint density at radius 1 is 1.43 bits per heavy atom. The average Bonchev–Trinajstić information content (AvgIpc) is 3.26. The maximum atomic E-state index is 10.7. The number of ether oxygens (including phenoxy) is 1. The molecule has 3 N–H and O–H groups in total. The average molecular weight is 425 g/mol. The lowest BCUT2D eigenvalue weighted by atomic mass is 10.0. The Morgan fingerprint density at radius 3 is 3.00 bits per heavy atom. The Morgan fingerprint density at radius 2 is 2.27 bits per heavy atom. The molecule has 0 spiro atoms. The fourth-order valence-corrected chi connectivity index (χ4v) is 4.27. The number of aromatic nitrogens is 3. The number of halogens is 1. The van der Waals surface area contributed by atoms with Crippen molar-refractivity contribution in [3.8, 4) is 23.1 Å². The number of hydrogen-bond acceptors (Lipinski definition) is 5. The third-order valence-corrected chi connectivity index (χ3v) is 5.89. The molecular weight excluding hydrogens is 400 g/mol. The Labute approximate surface area is 181 Å². The summed E-state index contributed by atoms with van der Waals surface area (Å²) in [6, 6.07) is 6.01. The molecule has 1 fully saturated rings. The molecule has 2 aromatic heterocycles. The first-order chi connectivity index (χ1) is 14.4. The maximum Gasteiger partial charge on any atom is 0.220 e. The monoisotopic (exact) mass is 424 g/mol. The molecule has 1 aliphatic carbocycles. The van der Waals surface area contributed by atoms with Gasteiger partial charge in [-0.25, -0.2) is 9.97 Å². The van der Waals surface area contributed by atoms with Gasteiger partial charge in [0.15, 0.2) is 0 Å². The van der Waals surface area contributed by atoms with Crippen molar-refractivity contribution in [2.45, 2.75) is 38.3 Å². The quantitative estimate of drug-likeness (QED) is 0.620. The number of benzene rings is 1. The first kappa shape index (κ1) is 20.7. The van der Waals surface area contributed by atoms with Gasteiger partial charge in [0.1, 0.15) is 5.60 Å². The highest BCUT2D eigenvalue weighted by Crippen LogP contribution is 2.35. The van der Waals surface area contributed by atoms with Crippen LogP contribution in [0.5, 0.6) is 0 Å². The van der Waals surface area contributed by atoms with Crippen LogP contribution in [0.1, 0.15) is 31.7 Å². The largest absolute Gasteiger partial charge is 0.383 e. The fourth-order valence-electron chi connectivity index (χ4n) is 4.08. The van der Waals surface area contributed by atoms with E-state index in [0.29, 0.717) is 29.8 Å². The highest BCUT2D eigenvalue weighted by Gasteiger charge is 2.33. The van der Waals surface area contributed by atoms with E-state index in [1.54, 1.807) is 7.11 Å². The van der Waals surface area contributed by atoms with Crippen molar-refractivity contribution >= 4 is 28.5 Å². The first-order valence-corrected chi connectivity index (χ1v) is 10.4. The number of hydrogen-bond donors (Lipinski definition) is 2. The molecule has 0 radical (unpaired) electrons. The topological polar surface area (TPSA) is 86.2 Å². The van der Waals surface area contributed by atoms with Gasteiger partial charge in [-0.2, -0.15) is 0 Å². The predicted octanol–water partition coefficient (Wildman–Crippen LogP) is 3.88. The Balaban J connectivity index is 1.81. The molecule has 3 aromatic rings. The molecule has 0 aliphatic heterocycles. The van der Waals surface area contributed by atoms with Gasteiger partial charge in [0, 0.05) is 41.9 Å². The van der Waals surface area contributed by atoms with E-state index in [2.05, 4.69) is 33.3 Å². The van der Waals surface area contributed by atoms with Crippen molar-refractivity contribution in [2.75, 3.05) is 19.5 Å². The van der Waals surface area contributed by atoms with Crippen LogP contribution in [0.4, 0.5) is 5.95 Å². The van der Waals surface area contributed by atoms with Crippen molar-refractivity contribution in [3.05, 3.63) is 41.2 Å². The molecule has 1 saturated carbocycles. The van der Waals surface area contributed by atoms with Crippen LogP contribution >= 0.6 is 11.6 Å². The highest BCUT2D eigenvalue weighted by molar-refractivity contribution is 6.33. The summed E-state index contributed by atoms with van der Waals surface area (Å²) < 4.78 is 7.35. The minimum atomic E-state index is -0.897. The van der Waals surface area contributed by atoms with E-state index in [-0.39, 0.29) is 5.95 Å². The van der Waals surface area contributed by atoms with Crippen molar-refractivity contribution in [1.29, 1.82) is 0 Å². The number of anilines is 1. The van der Waals surface area contributed by atoms with Crippen LogP contribution in [-0.4, -0.2) is 39.0 Å². The molecule has 0 amide bonds. The van der Waals surface area contributed by atoms with Crippen molar-refractivity contribution in [2.24, 2.45) is 5.92 Å². The van der Waals surface area contributed by atoms with Gasteiger partial charge in [0.25, 0.3) is 0 Å². The van der Waals surface area contributed by atoms with E-state index in [0.717, 1.165) is 41.3 Å². The van der Waals surface area contributed by atoms with E-state index < -0.39 is 5.60 Å². The van der Waals surface area contributed by atoms with Gasteiger partial charge in [0.2, 0.25) is 5.95 Å². The third kappa shape index (κ3) is 4.15. The number of methoxy groups -OCH3 is 1. The number of nitrogens with zero attached hydrogens (tertiary/aromatic N) is 3. The number of fused-ring (bicyclic) bond motifs is 1. The SMILES string of the molecule is COCCn1cc(-c2nc(N)ncc2Cl)c2cc(C#CC3(O)CCC(C)C3)ccc21. The molecule has 7 heteroatoms. The normalized spacial score (nSPS) is 21.0. The van der Waals surface area contributed by atoms with Gasteiger partial charge in [0.05, 0.1) is 23.5 Å². The van der Waals surface area contributed by atoms with Crippen LogP contribution in [0.15, 0.2) is 30.6 Å². The van der Waals surface area contributed by atoms with Crippen molar-refractivity contribution in [3.63, 3.8) is 0 Å². The predicted molar refractivity (Wildman–Crippen MR) is 119 cm³/mol. The summed E-state index contributed by atoms with van der Waals surface area (Å²) in [6.07, 6.45) is 5.96. The minimum Gasteiger partial charge on any atom is -0.383 e. The summed E-state index contributed by atoms with van der Waals surface area (Å²) in [4.78, 5) is 8.32. The molecule has 1 aliphatic rings. The maximum absolute atomic E-state index is 10.7. The number of nitrogen functional groups attached to an aromatic ring is 1. The third-order valence-electron chi connectivity index (χ3n) is 5.61. The minimum absolute atomic E-state index is 0.167. The van der Waals surface area contributed by atoms with Gasteiger partial charge in [-0.05, 0) is 43.4 Å². The molecule has 0 saturated heterocycles. The van der Waals surface area contributed by atoms with E-state index >= 15 is 0 Å². The van der Waals surface area contributed by atoms with E-state index in [1.807, 2.05) is 24.4 Å². The Kier molecular flexibility index (Phi) is 5.70. The molecular formula is C23H25ClN4O2. The summed E-state index contributed by atoms with van der Waals surface area (Å²) >= 11 is 6.39. The molecule has 2 unspecified atom stereocenters. The zero-order chi connectivity index (χ0) is 21.3. The van der Waals surface area contributed by atoms with Crippen LogP contribution in [0.3, 0.4) is 0 Å². The smallest absolute Gasteiger partial charge is 0.220 e. The zero-order valence-electron chi connectivity index (χ0n) is 17.2. The van der Waals surface area contributed by atoms with Gasteiger partial charge in [-0.1, -0.05) is 30.4 Å². The lowest BCUT2D eigenvalue weighted by molar-refractivity contribution is 0.106. The van der Waals surface area contributed by atoms with Crippen LogP contribution in [0.2, 0.25) is 5.02 Å². The molecule has 30 heavy (non-hydrogen) atoms. The number of rotatable bonds is 4. The van der Waals surface area contributed by atoms with Crippen molar-refractivity contribution in [1.82, 2.24) is 14.5 Å².